The number of pyridine rings is 2. The number of nitrogens with one attached hydrogen (secondary N) is 4. The van der Waals surface area contributed by atoms with Crippen molar-refractivity contribution < 1.29 is 38.9 Å². The topological polar surface area (TPSA) is 201 Å². The number of hydrogen-bond acceptors (Lipinski definition) is 10. The summed E-state index contributed by atoms with van der Waals surface area (Å²) in [6, 6.07) is 20.0. The van der Waals surface area contributed by atoms with Gasteiger partial charge in [0, 0.05) is 38.9 Å². The molecule has 0 saturated heterocycles. The van der Waals surface area contributed by atoms with Gasteiger partial charge in [0.1, 0.15) is 24.3 Å². The van der Waals surface area contributed by atoms with E-state index in [1.165, 1.54) is 14.1 Å². The highest BCUT2D eigenvalue weighted by molar-refractivity contribution is 5.91. The Labute approximate surface area is 327 Å². The third-order valence-electron chi connectivity index (χ3n) is 9.23. The lowest BCUT2D eigenvalue weighted by Crippen LogP contribution is -2.60. The Morgan fingerprint density at radius 1 is 0.554 bits per heavy atom. The van der Waals surface area contributed by atoms with Crippen molar-refractivity contribution in [2.45, 2.75) is 77.4 Å². The zero-order chi connectivity index (χ0) is 40.8. The van der Waals surface area contributed by atoms with Crippen LogP contribution in [0.1, 0.15) is 38.8 Å². The molecule has 2 aromatic heterocycles. The Kier molecular flexibility index (Phi) is 16.2. The van der Waals surface area contributed by atoms with Gasteiger partial charge in [0.25, 0.3) is 11.8 Å². The van der Waals surface area contributed by atoms with E-state index in [0.717, 1.165) is 22.3 Å². The summed E-state index contributed by atoms with van der Waals surface area (Å²) in [5, 5.41) is 33.8. The van der Waals surface area contributed by atoms with Crippen LogP contribution in [0.5, 0.6) is 0 Å². The van der Waals surface area contributed by atoms with Crippen molar-refractivity contribution in [3.63, 3.8) is 0 Å². The summed E-state index contributed by atoms with van der Waals surface area (Å²) in [7, 11) is 2.86. The van der Waals surface area contributed by atoms with Crippen LogP contribution >= 0.6 is 0 Å². The molecule has 4 aromatic rings. The predicted octanol–water partition coefficient (Wildman–Crippen LogP) is 2.78. The Hall–Kier alpha value is -5.54. The van der Waals surface area contributed by atoms with Crippen molar-refractivity contribution in [3.8, 4) is 22.3 Å². The number of carbonyl (C=O) groups excluding carboxylic acids is 4. The van der Waals surface area contributed by atoms with Crippen LogP contribution in [0.25, 0.3) is 22.3 Å². The molecule has 0 bridgehead atoms. The fourth-order valence-electron chi connectivity index (χ4n) is 5.89. The van der Waals surface area contributed by atoms with Crippen molar-refractivity contribution in [3.05, 3.63) is 109 Å². The molecule has 14 heteroatoms. The molecule has 2 aromatic carbocycles. The smallest absolute Gasteiger partial charge is 0.252 e. The van der Waals surface area contributed by atoms with Crippen LogP contribution in [0.15, 0.2) is 97.6 Å². The average Bonchev–Trinajstić information content (AvgIpc) is 3.22. The molecule has 298 valence electrons. The number of carbonyl (C=O) groups is 4. The van der Waals surface area contributed by atoms with Gasteiger partial charge in [-0.2, -0.15) is 0 Å². The first kappa shape index (κ1) is 43.2. The summed E-state index contributed by atoms with van der Waals surface area (Å²) in [6.07, 6.45) is -0.868. The molecule has 0 aliphatic rings. The average molecular weight is 769 g/mol. The first-order chi connectivity index (χ1) is 26.8. The molecule has 6 N–H and O–H groups in total. The highest BCUT2D eigenvalue weighted by atomic mass is 16.5. The molecule has 6 unspecified atom stereocenters. The molecular formula is C42H52N6O8. The minimum Gasteiger partial charge on any atom is -0.387 e. The quantitative estimate of drug-likeness (QED) is 0.0825. The molecule has 2 heterocycles. The third kappa shape index (κ3) is 11.7. The Morgan fingerprint density at radius 3 is 1.20 bits per heavy atom. The van der Waals surface area contributed by atoms with Gasteiger partial charge in [-0.25, -0.2) is 0 Å². The van der Waals surface area contributed by atoms with Gasteiger partial charge in [0.2, 0.25) is 11.8 Å². The van der Waals surface area contributed by atoms with E-state index in [-0.39, 0.29) is 25.0 Å². The van der Waals surface area contributed by atoms with Crippen LogP contribution in [0, 0.1) is 11.8 Å². The van der Waals surface area contributed by atoms with E-state index < -0.39 is 60.1 Å². The Morgan fingerprint density at radius 2 is 0.911 bits per heavy atom. The molecule has 0 spiro atoms. The number of nitrogens with zero attached hydrogens (tertiary/aromatic N) is 2. The lowest BCUT2D eigenvalue weighted by atomic mass is 9.98. The van der Waals surface area contributed by atoms with Crippen molar-refractivity contribution in [2.75, 3.05) is 14.1 Å². The summed E-state index contributed by atoms with van der Waals surface area (Å²) in [5.74, 6) is -3.46. The first-order valence-corrected chi connectivity index (χ1v) is 18.5. The number of rotatable bonds is 19. The van der Waals surface area contributed by atoms with Crippen LogP contribution in [-0.2, 0) is 41.9 Å². The molecule has 0 saturated carbocycles. The zero-order valence-electron chi connectivity index (χ0n) is 32.5. The number of likely N-dealkylation sites (N-methyl/N-ethyl adjacent to an activating group) is 2. The fourth-order valence-corrected chi connectivity index (χ4v) is 5.89. The maximum atomic E-state index is 13.9. The van der Waals surface area contributed by atoms with Gasteiger partial charge >= 0.3 is 0 Å². The molecule has 4 amide bonds. The van der Waals surface area contributed by atoms with E-state index in [0.29, 0.717) is 11.1 Å². The summed E-state index contributed by atoms with van der Waals surface area (Å²) in [4.78, 5) is 61.5. The molecule has 0 aliphatic heterocycles. The number of aliphatic hydroxyl groups excluding tert-OH is 2. The van der Waals surface area contributed by atoms with Gasteiger partial charge < -0.3 is 41.0 Å². The Balaban J connectivity index is 1.63. The minimum atomic E-state index is -2.05. The number of ether oxygens (including phenoxy) is 2. The van der Waals surface area contributed by atoms with Crippen molar-refractivity contribution in [1.82, 2.24) is 31.2 Å². The summed E-state index contributed by atoms with van der Waals surface area (Å²) in [5.41, 5.74) is 4.85. The zero-order valence-corrected chi connectivity index (χ0v) is 32.5. The van der Waals surface area contributed by atoms with E-state index in [2.05, 4.69) is 31.2 Å². The molecular weight excluding hydrogens is 716 g/mol. The van der Waals surface area contributed by atoms with Gasteiger partial charge in [-0.3, -0.25) is 29.1 Å². The van der Waals surface area contributed by atoms with Gasteiger partial charge in [0.05, 0.1) is 13.2 Å². The summed E-state index contributed by atoms with van der Waals surface area (Å²) < 4.78 is 12.0. The number of aromatic nitrogens is 2. The number of aliphatic hydroxyl groups is 2. The van der Waals surface area contributed by atoms with Crippen LogP contribution in [0.3, 0.4) is 0 Å². The highest BCUT2D eigenvalue weighted by Gasteiger charge is 2.42. The van der Waals surface area contributed by atoms with Crippen LogP contribution in [-0.4, -0.2) is 94.4 Å². The maximum Gasteiger partial charge on any atom is 0.252 e. The largest absolute Gasteiger partial charge is 0.387 e. The van der Waals surface area contributed by atoms with Crippen LogP contribution < -0.4 is 21.3 Å². The lowest BCUT2D eigenvalue weighted by molar-refractivity contribution is -0.171. The number of benzene rings is 2. The Bertz CT molecular complexity index is 1720. The van der Waals surface area contributed by atoms with Crippen LogP contribution in [0.4, 0.5) is 0 Å². The standard InChI is InChI=1S/C42H52N6O8/c1-25(2)33(39(51)43-5)47-41(53)37(55-23-27-11-15-29(16-12-27)31-9-7-19-45-21-31)35(49)36(50)38(42(54)48-34(26(3)4)40(52)44-6)56-24-28-13-17-30(18-14-28)32-10-8-20-46-22-32/h7-22,25-26,33-38,49-50H,23-24H2,1-6H3,(H,43,51)(H,44,52)(H,47,53)(H,48,54). The number of hydrogen-bond donors (Lipinski definition) is 6. The monoisotopic (exact) mass is 768 g/mol. The number of amides is 4. The molecule has 6 atom stereocenters. The van der Waals surface area contributed by atoms with Crippen molar-refractivity contribution in [2.24, 2.45) is 11.8 Å². The molecule has 4 rings (SSSR count). The van der Waals surface area contributed by atoms with E-state index in [1.807, 2.05) is 48.5 Å². The summed E-state index contributed by atoms with van der Waals surface area (Å²) in [6.45, 7) is 6.57. The second-order valence-electron chi connectivity index (χ2n) is 14.0. The van der Waals surface area contributed by atoms with Gasteiger partial charge in [-0.15, -0.1) is 0 Å². The van der Waals surface area contributed by atoms with Gasteiger partial charge in [-0.1, -0.05) is 88.4 Å². The predicted molar refractivity (Wildman–Crippen MR) is 210 cm³/mol. The van der Waals surface area contributed by atoms with E-state index in [1.54, 1.807) is 76.7 Å². The lowest BCUT2D eigenvalue weighted by Gasteiger charge is -2.32. The molecule has 14 nitrogen and oxygen atoms in total. The highest BCUT2D eigenvalue weighted by Crippen LogP contribution is 2.22. The minimum absolute atomic E-state index is 0.186. The van der Waals surface area contributed by atoms with E-state index >= 15 is 0 Å². The molecule has 0 radical (unpaired) electrons. The molecule has 0 fully saturated rings. The SMILES string of the molecule is CNC(=O)C(NC(=O)C(OCc1ccc(-c2cccnc2)cc1)C(O)C(O)C(OCc1ccc(-c2cccnc2)cc1)C(=O)NC(C(=O)NC)C(C)C)C(C)C. The summed E-state index contributed by atoms with van der Waals surface area (Å²) >= 11 is 0. The molecule has 56 heavy (non-hydrogen) atoms. The second kappa shape index (κ2) is 20.9. The first-order valence-electron chi connectivity index (χ1n) is 18.5. The fraction of sp³-hybridized carbons (Fsp3) is 0.381. The van der Waals surface area contributed by atoms with E-state index in [9.17, 15) is 29.4 Å². The van der Waals surface area contributed by atoms with Gasteiger partial charge in [-0.05, 0) is 57.3 Å². The van der Waals surface area contributed by atoms with Gasteiger partial charge in [0.15, 0.2) is 12.2 Å². The van der Waals surface area contributed by atoms with Crippen molar-refractivity contribution >= 4 is 23.6 Å². The normalized spacial score (nSPS) is 14.5. The second-order valence-corrected chi connectivity index (χ2v) is 14.0. The maximum absolute atomic E-state index is 13.9. The van der Waals surface area contributed by atoms with Crippen molar-refractivity contribution in [1.29, 1.82) is 0 Å². The van der Waals surface area contributed by atoms with Crippen LogP contribution in [0.2, 0.25) is 0 Å². The van der Waals surface area contributed by atoms with E-state index in [4.69, 9.17) is 9.47 Å². The third-order valence-corrected chi connectivity index (χ3v) is 9.23. The molecule has 0 aliphatic carbocycles.